The van der Waals surface area contributed by atoms with E-state index in [1.807, 2.05) is 23.9 Å². The third-order valence-corrected chi connectivity index (χ3v) is 5.27. The summed E-state index contributed by atoms with van der Waals surface area (Å²) in [6.45, 7) is 2.21. The molecule has 0 bridgehead atoms. The quantitative estimate of drug-likeness (QED) is 0.578. The molecule has 2 aromatic carbocycles. The Balaban J connectivity index is 2.08. The molecular formula is C15H14OS2. The Labute approximate surface area is 115 Å². The molecule has 0 fully saturated rings. The van der Waals surface area contributed by atoms with Gasteiger partial charge in [-0.1, -0.05) is 25.5 Å². The van der Waals surface area contributed by atoms with Crippen molar-refractivity contribution in [1.29, 1.82) is 0 Å². The van der Waals surface area contributed by atoms with Crippen molar-refractivity contribution in [2.45, 2.75) is 29.6 Å². The Hall–Kier alpha value is -0.930. The number of benzene rings is 2. The fourth-order valence-corrected chi connectivity index (χ4v) is 4.29. The second-order valence-corrected chi connectivity index (χ2v) is 6.53. The molecule has 0 N–H and O–H groups in total. The summed E-state index contributed by atoms with van der Waals surface area (Å²) in [5.74, 6) is 1.15. The highest BCUT2D eigenvalue weighted by atomic mass is 32.2. The summed E-state index contributed by atoms with van der Waals surface area (Å²) in [4.78, 5) is 14.3. The number of hydrogen-bond donors (Lipinski definition) is 0. The maximum Gasteiger partial charge on any atom is 0.224 e. The molecule has 0 amide bonds. The smallest absolute Gasteiger partial charge is 0.224 e. The first-order valence-corrected chi connectivity index (χ1v) is 8.02. The van der Waals surface area contributed by atoms with Crippen molar-refractivity contribution in [3.63, 3.8) is 0 Å². The Bertz CT molecular complexity index is 619. The summed E-state index contributed by atoms with van der Waals surface area (Å²) in [6, 6.07) is 10.3. The van der Waals surface area contributed by atoms with Gasteiger partial charge in [-0.3, -0.25) is 4.79 Å². The number of carbonyl (C=O) groups is 1. The van der Waals surface area contributed by atoms with Crippen molar-refractivity contribution in [3.05, 3.63) is 35.9 Å². The van der Waals surface area contributed by atoms with Gasteiger partial charge in [0.05, 0.1) is 0 Å². The van der Waals surface area contributed by atoms with Crippen molar-refractivity contribution < 1.29 is 4.79 Å². The van der Waals surface area contributed by atoms with Crippen molar-refractivity contribution in [2.24, 2.45) is 0 Å². The van der Waals surface area contributed by atoms with E-state index in [1.54, 1.807) is 0 Å². The number of thioether (sulfide) groups is 2. The number of rotatable bonds is 4. The summed E-state index contributed by atoms with van der Waals surface area (Å²) >= 11 is 3.26. The van der Waals surface area contributed by atoms with E-state index in [1.165, 1.54) is 34.9 Å². The lowest BCUT2D eigenvalue weighted by molar-refractivity contribution is 0.109. The van der Waals surface area contributed by atoms with Gasteiger partial charge in [-0.05, 0) is 47.5 Å². The highest BCUT2D eigenvalue weighted by molar-refractivity contribution is 8.14. The van der Waals surface area contributed by atoms with Crippen LogP contribution in [0.25, 0.3) is 10.8 Å². The average Bonchev–Trinajstić information content (AvgIpc) is 2.71. The molecule has 1 heterocycles. The van der Waals surface area contributed by atoms with E-state index in [2.05, 4.69) is 25.1 Å². The van der Waals surface area contributed by atoms with Gasteiger partial charge in [0.2, 0.25) is 5.12 Å². The minimum Gasteiger partial charge on any atom is -0.281 e. The lowest BCUT2D eigenvalue weighted by Crippen LogP contribution is -1.87. The molecule has 0 spiro atoms. The first-order chi connectivity index (χ1) is 8.81. The summed E-state index contributed by atoms with van der Waals surface area (Å²) < 4.78 is 0. The van der Waals surface area contributed by atoms with Crippen LogP contribution in [0.15, 0.2) is 40.1 Å². The van der Waals surface area contributed by atoms with Crippen LogP contribution < -0.4 is 0 Å². The average molecular weight is 274 g/mol. The minimum atomic E-state index is 0.186. The molecule has 1 aliphatic rings. The lowest BCUT2D eigenvalue weighted by Gasteiger charge is -2.07. The van der Waals surface area contributed by atoms with E-state index in [4.69, 9.17) is 0 Å². The Morgan fingerprint density at radius 2 is 2.11 bits per heavy atom. The predicted molar refractivity (Wildman–Crippen MR) is 79.8 cm³/mol. The van der Waals surface area contributed by atoms with Crippen LogP contribution in [0.1, 0.15) is 30.1 Å². The van der Waals surface area contributed by atoms with Gasteiger partial charge in [0.15, 0.2) is 0 Å². The molecule has 1 aliphatic heterocycles. The topological polar surface area (TPSA) is 17.1 Å². The Morgan fingerprint density at radius 1 is 1.22 bits per heavy atom. The third kappa shape index (κ3) is 1.95. The highest BCUT2D eigenvalue weighted by Gasteiger charge is 2.23. The van der Waals surface area contributed by atoms with Crippen LogP contribution in [-0.2, 0) is 0 Å². The molecule has 0 aliphatic carbocycles. The zero-order valence-electron chi connectivity index (χ0n) is 10.2. The van der Waals surface area contributed by atoms with Crippen LogP contribution >= 0.6 is 23.5 Å². The minimum absolute atomic E-state index is 0.186. The molecule has 18 heavy (non-hydrogen) atoms. The van der Waals surface area contributed by atoms with Gasteiger partial charge in [0.1, 0.15) is 0 Å². The molecule has 2 aromatic rings. The van der Waals surface area contributed by atoms with Crippen LogP contribution in [0.3, 0.4) is 0 Å². The van der Waals surface area contributed by atoms with Crippen molar-refractivity contribution >= 4 is 39.4 Å². The summed E-state index contributed by atoms with van der Waals surface area (Å²) in [5, 5.41) is 2.59. The summed E-state index contributed by atoms with van der Waals surface area (Å²) in [6.07, 6.45) is 2.46. The fourth-order valence-electron chi connectivity index (χ4n) is 2.21. The SMILES string of the molecule is CCCCSc1ccc2c3c(cccc13)C(=O)S2. The molecular weight excluding hydrogens is 260 g/mol. The molecule has 0 saturated heterocycles. The standard InChI is InChI=1S/C15H14OS2/c1-2-3-9-17-12-7-8-13-14-10(12)5-4-6-11(14)15(16)18-13/h4-8H,2-3,9H2,1H3. The van der Waals surface area contributed by atoms with E-state index in [0.29, 0.717) is 0 Å². The second kappa shape index (κ2) is 4.98. The van der Waals surface area contributed by atoms with E-state index in [-0.39, 0.29) is 5.12 Å². The fraction of sp³-hybridized carbons (Fsp3) is 0.267. The molecule has 3 heteroatoms. The largest absolute Gasteiger partial charge is 0.281 e. The lowest BCUT2D eigenvalue weighted by atomic mass is 10.1. The normalized spacial score (nSPS) is 13.5. The van der Waals surface area contributed by atoms with Crippen molar-refractivity contribution in [2.75, 3.05) is 5.75 Å². The molecule has 1 nitrogen and oxygen atoms in total. The van der Waals surface area contributed by atoms with Gasteiger partial charge < -0.3 is 0 Å². The first-order valence-electron chi connectivity index (χ1n) is 6.22. The second-order valence-electron chi connectivity index (χ2n) is 4.38. The number of hydrogen-bond acceptors (Lipinski definition) is 3. The third-order valence-electron chi connectivity index (χ3n) is 3.14. The maximum absolute atomic E-state index is 11.9. The zero-order chi connectivity index (χ0) is 12.5. The van der Waals surface area contributed by atoms with Crippen LogP contribution in [0.5, 0.6) is 0 Å². The monoisotopic (exact) mass is 274 g/mol. The number of unbranched alkanes of at least 4 members (excludes halogenated alkanes) is 1. The van der Waals surface area contributed by atoms with E-state index >= 15 is 0 Å². The maximum atomic E-state index is 11.9. The van der Waals surface area contributed by atoms with Gasteiger partial charge in [-0.2, -0.15) is 0 Å². The zero-order valence-corrected chi connectivity index (χ0v) is 11.9. The van der Waals surface area contributed by atoms with E-state index < -0.39 is 0 Å². The molecule has 0 aromatic heterocycles. The molecule has 0 radical (unpaired) electrons. The van der Waals surface area contributed by atoms with Gasteiger partial charge in [0.25, 0.3) is 0 Å². The molecule has 0 unspecified atom stereocenters. The molecule has 0 saturated carbocycles. The van der Waals surface area contributed by atoms with Crippen molar-refractivity contribution in [3.8, 4) is 0 Å². The van der Waals surface area contributed by atoms with Gasteiger partial charge in [-0.25, -0.2) is 0 Å². The van der Waals surface area contributed by atoms with E-state index in [9.17, 15) is 4.79 Å². The van der Waals surface area contributed by atoms with E-state index in [0.717, 1.165) is 21.6 Å². The molecule has 92 valence electrons. The molecule has 3 rings (SSSR count). The first kappa shape index (κ1) is 12.1. The van der Waals surface area contributed by atoms with Gasteiger partial charge in [-0.15, -0.1) is 11.8 Å². The summed E-state index contributed by atoms with van der Waals surface area (Å²) in [5.41, 5.74) is 0.880. The predicted octanol–water partition coefficient (Wildman–Crippen LogP) is 4.98. The summed E-state index contributed by atoms with van der Waals surface area (Å²) in [7, 11) is 0. The van der Waals surface area contributed by atoms with Gasteiger partial charge in [0, 0.05) is 20.7 Å². The Morgan fingerprint density at radius 3 is 2.94 bits per heavy atom. The van der Waals surface area contributed by atoms with Crippen molar-refractivity contribution in [1.82, 2.24) is 0 Å². The van der Waals surface area contributed by atoms with Crippen LogP contribution in [0.4, 0.5) is 0 Å². The Kier molecular flexibility index (Phi) is 3.35. The van der Waals surface area contributed by atoms with Crippen LogP contribution in [0, 0.1) is 0 Å². The highest BCUT2D eigenvalue weighted by Crippen LogP contribution is 2.43. The van der Waals surface area contributed by atoms with Crippen LogP contribution in [-0.4, -0.2) is 10.9 Å². The van der Waals surface area contributed by atoms with Crippen LogP contribution in [0.2, 0.25) is 0 Å². The number of carbonyl (C=O) groups excluding carboxylic acids is 1. The van der Waals surface area contributed by atoms with Gasteiger partial charge >= 0.3 is 0 Å². The molecule has 0 atom stereocenters.